The maximum Gasteiger partial charge on any atom is 0.311 e. The van der Waals surface area contributed by atoms with E-state index in [0.29, 0.717) is 13.1 Å². The normalized spacial score (nSPS) is 14.5. The molecule has 12 heteroatoms. The van der Waals surface area contributed by atoms with Crippen LogP contribution < -0.4 is 4.74 Å². The molecule has 1 saturated heterocycles. The highest BCUT2D eigenvalue weighted by atomic mass is 19.1. The number of carbonyl (C=O) groups is 1. The summed E-state index contributed by atoms with van der Waals surface area (Å²) in [6.45, 7) is 3.24. The van der Waals surface area contributed by atoms with Gasteiger partial charge in [-0.25, -0.2) is 9.07 Å². The molecule has 1 amide bonds. The number of carbonyl (C=O) groups excluding carboxylic acids is 1. The monoisotopic (exact) mass is 443 g/mol. The SMILES string of the molecule is Cn1cc(CN2CCN(C(=O)c3ccn(COc4cc(F)ccc4[N+](=O)[O-])n3)CC2)cn1. The Morgan fingerprint density at radius 1 is 1.25 bits per heavy atom. The number of piperazine rings is 1. The Morgan fingerprint density at radius 2 is 2.03 bits per heavy atom. The predicted octanol–water partition coefficient (Wildman–Crippen LogP) is 1.66. The van der Waals surface area contributed by atoms with Crippen LogP contribution in [0.2, 0.25) is 0 Å². The zero-order valence-corrected chi connectivity index (χ0v) is 17.4. The van der Waals surface area contributed by atoms with Crippen LogP contribution in [0.25, 0.3) is 0 Å². The molecule has 4 rings (SSSR count). The van der Waals surface area contributed by atoms with E-state index in [9.17, 15) is 19.3 Å². The summed E-state index contributed by atoms with van der Waals surface area (Å²) in [4.78, 5) is 27.2. The zero-order valence-electron chi connectivity index (χ0n) is 17.4. The van der Waals surface area contributed by atoms with Crippen LogP contribution >= 0.6 is 0 Å². The van der Waals surface area contributed by atoms with Crippen molar-refractivity contribution in [3.8, 4) is 5.75 Å². The van der Waals surface area contributed by atoms with Crippen LogP contribution in [0.3, 0.4) is 0 Å². The van der Waals surface area contributed by atoms with E-state index in [0.717, 1.165) is 43.4 Å². The first-order valence-corrected chi connectivity index (χ1v) is 9.98. The van der Waals surface area contributed by atoms with E-state index in [1.54, 1.807) is 15.6 Å². The first kappa shape index (κ1) is 21.4. The van der Waals surface area contributed by atoms with Crippen LogP contribution in [0.5, 0.6) is 5.75 Å². The summed E-state index contributed by atoms with van der Waals surface area (Å²) < 4.78 is 21.9. The molecule has 168 valence electrons. The van der Waals surface area contributed by atoms with Crippen molar-refractivity contribution in [3.05, 3.63) is 70.0 Å². The van der Waals surface area contributed by atoms with Gasteiger partial charge >= 0.3 is 5.69 Å². The van der Waals surface area contributed by atoms with Gasteiger partial charge in [0, 0.05) is 69.9 Å². The van der Waals surface area contributed by atoms with Gasteiger partial charge in [0.05, 0.1) is 11.1 Å². The molecule has 0 radical (unpaired) electrons. The van der Waals surface area contributed by atoms with Crippen LogP contribution in [0.4, 0.5) is 10.1 Å². The van der Waals surface area contributed by atoms with Crippen LogP contribution in [-0.4, -0.2) is 66.4 Å². The van der Waals surface area contributed by atoms with Gasteiger partial charge in [0.1, 0.15) is 5.82 Å². The Kier molecular flexibility index (Phi) is 6.12. The maximum atomic E-state index is 13.4. The number of hydrogen-bond donors (Lipinski definition) is 0. The van der Waals surface area contributed by atoms with E-state index in [1.165, 1.54) is 10.9 Å². The molecule has 0 bridgehead atoms. The highest BCUT2D eigenvalue weighted by molar-refractivity contribution is 5.92. The Bertz CT molecular complexity index is 1120. The highest BCUT2D eigenvalue weighted by Crippen LogP contribution is 2.27. The minimum Gasteiger partial charge on any atom is -0.464 e. The molecule has 1 aliphatic heterocycles. The van der Waals surface area contributed by atoms with Crippen molar-refractivity contribution in [1.82, 2.24) is 29.4 Å². The third-order valence-corrected chi connectivity index (χ3v) is 5.15. The van der Waals surface area contributed by atoms with Gasteiger partial charge < -0.3 is 9.64 Å². The zero-order chi connectivity index (χ0) is 22.7. The Balaban J connectivity index is 1.31. The summed E-state index contributed by atoms with van der Waals surface area (Å²) in [6, 6.07) is 4.54. The average molecular weight is 443 g/mol. The molecule has 0 spiro atoms. The van der Waals surface area contributed by atoms with Gasteiger partial charge in [0.15, 0.2) is 12.4 Å². The standard InChI is InChI=1S/C20H22FN7O4/c1-24-12-15(11-22-24)13-25-6-8-26(9-7-25)20(29)17-4-5-27(23-17)14-32-19-10-16(21)2-3-18(19)28(30)31/h2-5,10-12H,6-9,13-14H2,1H3. The van der Waals surface area contributed by atoms with Crippen molar-refractivity contribution >= 4 is 11.6 Å². The van der Waals surface area contributed by atoms with E-state index in [2.05, 4.69) is 15.1 Å². The number of nitro benzene ring substituents is 1. The largest absolute Gasteiger partial charge is 0.464 e. The minimum atomic E-state index is -0.652. The van der Waals surface area contributed by atoms with Gasteiger partial charge in [-0.05, 0) is 12.1 Å². The molecule has 1 fully saturated rings. The molecular weight excluding hydrogens is 421 g/mol. The number of benzene rings is 1. The summed E-state index contributed by atoms with van der Waals surface area (Å²) in [7, 11) is 1.88. The molecule has 0 N–H and O–H groups in total. The lowest BCUT2D eigenvalue weighted by Crippen LogP contribution is -2.48. The summed E-state index contributed by atoms with van der Waals surface area (Å²) in [6.07, 6.45) is 5.35. The van der Waals surface area contributed by atoms with Gasteiger partial charge in [-0.2, -0.15) is 10.2 Å². The minimum absolute atomic E-state index is 0.193. The van der Waals surface area contributed by atoms with Crippen LogP contribution in [0.1, 0.15) is 16.1 Å². The molecule has 0 unspecified atom stereocenters. The molecule has 1 aromatic carbocycles. The first-order chi connectivity index (χ1) is 15.4. The van der Waals surface area contributed by atoms with Crippen LogP contribution in [-0.2, 0) is 20.3 Å². The van der Waals surface area contributed by atoms with Crippen LogP contribution in [0.15, 0.2) is 42.9 Å². The molecule has 2 aromatic heterocycles. The Labute approximate surface area is 182 Å². The fourth-order valence-electron chi connectivity index (χ4n) is 3.52. The lowest BCUT2D eigenvalue weighted by atomic mass is 10.2. The second-order valence-electron chi connectivity index (χ2n) is 7.47. The second-order valence-corrected chi connectivity index (χ2v) is 7.47. The van der Waals surface area contributed by atoms with Gasteiger partial charge in [0.2, 0.25) is 5.75 Å². The van der Waals surface area contributed by atoms with Gasteiger partial charge in [-0.3, -0.25) is 24.5 Å². The van der Waals surface area contributed by atoms with E-state index in [4.69, 9.17) is 4.74 Å². The topological polar surface area (TPSA) is 112 Å². The molecule has 3 aromatic rings. The summed E-state index contributed by atoms with van der Waals surface area (Å²) in [5, 5.41) is 19.4. The quantitative estimate of drug-likeness (QED) is 0.403. The molecule has 0 aliphatic carbocycles. The molecule has 11 nitrogen and oxygen atoms in total. The predicted molar refractivity (Wildman–Crippen MR) is 110 cm³/mol. The lowest BCUT2D eigenvalue weighted by molar-refractivity contribution is -0.386. The number of nitro groups is 1. The smallest absolute Gasteiger partial charge is 0.311 e. The molecular formula is C20H22FN7O4. The van der Waals surface area contributed by atoms with Crippen molar-refractivity contribution < 1.29 is 18.8 Å². The summed E-state index contributed by atoms with van der Waals surface area (Å²) in [5.41, 5.74) is 1.03. The van der Waals surface area contributed by atoms with Crippen LogP contribution in [0, 0.1) is 15.9 Å². The summed E-state index contributed by atoms with van der Waals surface area (Å²) in [5.74, 6) is -1.05. The lowest BCUT2D eigenvalue weighted by Gasteiger charge is -2.34. The number of aromatic nitrogens is 4. The maximum absolute atomic E-state index is 13.4. The number of rotatable bonds is 7. The van der Waals surface area contributed by atoms with E-state index in [-0.39, 0.29) is 29.8 Å². The Hall–Kier alpha value is -3.80. The molecule has 1 aliphatic rings. The summed E-state index contributed by atoms with van der Waals surface area (Å²) >= 11 is 0. The van der Waals surface area contributed by atoms with Crippen molar-refractivity contribution in [2.24, 2.45) is 7.05 Å². The van der Waals surface area contributed by atoms with E-state index >= 15 is 0 Å². The molecule has 3 heterocycles. The number of ether oxygens (including phenoxy) is 1. The van der Waals surface area contributed by atoms with Gasteiger partial charge in [-0.15, -0.1) is 0 Å². The second kappa shape index (κ2) is 9.14. The van der Waals surface area contributed by atoms with Crippen molar-refractivity contribution in [1.29, 1.82) is 0 Å². The molecule has 0 saturated carbocycles. The van der Waals surface area contributed by atoms with Crippen molar-refractivity contribution in [2.75, 3.05) is 26.2 Å². The highest BCUT2D eigenvalue weighted by Gasteiger charge is 2.24. The van der Waals surface area contributed by atoms with E-state index in [1.807, 2.05) is 19.4 Å². The Morgan fingerprint density at radius 3 is 2.72 bits per heavy atom. The average Bonchev–Trinajstić information content (AvgIpc) is 3.41. The third-order valence-electron chi connectivity index (χ3n) is 5.15. The van der Waals surface area contributed by atoms with E-state index < -0.39 is 10.7 Å². The first-order valence-electron chi connectivity index (χ1n) is 9.98. The molecule has 32 heavy (non-hydrogen) atoms. The number of halogens is 1. The van der Waals surface area contributed by atoms with Gasteiger partial charge in [-0.1, -0.05) is 0 Å². The van der Waals surface area contributed by atoms with Crippen molar-refractivity contribution in [2.45, 2.75) is 13.3 Å². The number of hydrogen-bond acceptors (Lipinski definition) is 7. The van der Waals surface area contributed by atoms with Gasteiger partial charge in [0.25, 0.3) is 5.91 Å². The third kappa shape index (κ3) is 4.91. The number of nitrogens with zero attached hydrogens (tertiary/aromatic N) is 7. The number of aryl methyl sites for hydroxylation is 1. The fourth-order valence-corrected chi connectivity index (χ4v) is 3.52. The molecule has 0 atom stereocenters. The fraction of sp³-hybridized carbons (Fsp3) is 0.350. The van der Waals surface area contributed by atoms with Crippen molar-refractivity contribution in [3.63, 3.8) is 0 Å². The number of amides is 1.